The molecule has 1 fully saturated rings. The van der Waals surface area contributed by atoms with Crippen LogP contribution in [-0.2, 0) is 16.6 Å². The molecule has 1 atom stereocenters. The number of carboxylic acids is 1. The lowest BCUT2D eigenvalue weighted by Gasteiger charge is -2.34. The van der Waals surface area contributed by atoms with Crippen molar-refractivity contribution in [1.82, 2.24) is 14.7 Å². The molecule has 0 aromatic carbocycles. The van der Waals surface area contributed by atoms with Crippen molar-refractivity contribution in [2.45, 2.75) is 19.4 Å². The number of aromatic nitrogens is 2. The van der Waals surface area contributed by atoms with E-state index < -0.39 is 12.0 Å². The SMILES string of the molecule is Cc1cc(C(=O)N2CCOCC2CC(=O)O)nn1C. The van der Waals surface area contributed by atoms with Crippen LogP contribution in [0.5, 0.6) is 0 Å². The monoisotopic (exact) mass is 267 g/mol. The number of rotatable bonds is 3. The fraction of sp³-hybridized carbons (Fsp3) is 0.583. The standard InChI is InChI=1S/C12H17N3O4/c1-8-5-10(13-14(8)2)12(18)15-3-4-19-7-9(15)6-11(16)17/h5,9H,3-4,6-7H2,1-2H3,(H,16,17). The zero-order valence-electron chi connectivity index (χ0n) is 11.0. The number of carbonyl (C=O) groups is 2. The van der Waals surface area contributed by atoms with Gasteiger partial charge in [0.1, 0.15) is 0 Å². The van der Waals surface area contributed by atoms with Gasteiger partial charge in [-0.2, -0.15) is 5.10 Å². The summed E-state index contributed by atoms with van der Waals surface area (Å²) in [6.07, 6.45) is -0.114. The first-order valence-corrected chi connectivity index (χ1v) is 6.10. The van der Waals surface area contributed by atoms with E-state index in [1.54, 1.807) is 22.7 Å². The third kappa shape index (κ3) is 2.93. The van der Waals surface area contributed by atoms with E-state index in [-0.39, 0.29) is 18.9 Å². The predicted molar refractivity (Wildman–Crippen MR) is 65.8 cm³/mol. The largest absolute Gasteiger partial charge is 0.481 e. The van der Waals surface area contributed by atoms with Crippen molar-refractivity contribution in [3.63, 3.8) is 0 Å². The Morgan fingerprint density at radius 3 is 2.89 bits per heavy atom. The highest BCUT2D eigenvalue weighted by Gasteiger charge is 2.31. The number of hydrogen-bond acceptors (Lipinski definition) is 4. The van der Waals surface area contributed by atoms with E-state index in [9.17, 15) is 9.59 Å². The Bertz CT molecular complexity index is 478. The van der Waals surface area contributed by atoms with E-state index in [2.05, 4.69) is 5.10 Å². The summed E-state index contributed by atoms with van der Waals surface area (Å²) in [5.74, 6) is -1.18. The van der Waals surface area contributed by atoms with E-state index in [4.69, 9.17) is 9.84 Å². The molecule has 1 saturated heterocycles. The molecule has 1 unspecified atom stereocenters. The van der Waals surface area contributed by atoms with Crippen molar-refractivity contribution in [2.24, 2.45) is 7.05 Å². The molecule has 1 aromatic rings. The average molecular weight is 267 g/mol. The quantitative estimate of drug-likeness (QED) is 0.836. The Kier molecular flexibility index (Phi) is 3.84. The van der Waals surface area contributed by atoms with Crippen LogP contribution in [0.25, 0.3) is 0 Å². The number of hydrogen-bond donors (Lipinski definition) is 1. The molecule has 7 heteroatoms. The maximum atomic E-state index is 12.4. The highest BCUT2D eigenvalue weighted by Crippen LogP contribution is 2.15. The molecule has 1 aliphatic heterocycles. The van der Waals surface area contributed by atoms with Gasteiger partial charge in [-0.1, -0.05) is 0 Å². The highest BCUT2D eigenvalue weighted by atomic mass is 16.5. The Balaban J connectivity index is 2.17. The Labute approximate surface area is 110 Å². The molecule has 1 amide bonds. The molecular formula is C12H17N3O4. The van der Waals surface area contributed by atoms with Crippen LogP contribution >= 0.6 is 0 Å². The lowest BCUT2D eigenvalue weighted by atomic mass is 10.1. The Morgan fingerprint density at radius 2 is 2.32 bits per heavy atom. The number of morpholine rings is 1. The van der Waals surface area contributed by atoms with Crippen molar-refractivity contribution >= 4 is 11.9 Å². The molecule has 0 saturated carbocycles. The van der Waals surface area contributed by atoms with E-state index in [1.807, 2.05) is 6.92 Å². The number of amides is 1. The number of aliphatic carboxylic acids is 1. The molecule has 0 aliphatic carbocycles. The number of carboxylic acid groups (broad SMARTS) is 1. The fourth-order valence-electron chi connectivity index (χ4n) is 2.11. The van der Waals surface area contributed by atoms with Gasteiger partial charge in [-0.25, -0.2) is 0 Å². The van der Waals surface area contributed by atoms with Gasteiger partial charge in [0.2, 0.25) is 0 Å². The smallest absolute Gasteiger partial charge is 0.305 e. The van der Waals surface area contributed by atoms with Gasteiger partial charge in [0.15, 0.2) is 5.69 Å². The topological polar surface area (TPSA) is 84.7 Å². The minimum absolute atomic E-state index is 0.114. The summed E-state index contributed by atoms with van der Waals surface area (Å²) in [6, 6.07) is 1.27. The van der Waals surface area contributed by atoms with Crippen molar-refractivity contribution in [3.05, 3.63) is 17.5 Å². The van der Waals surface area contributed by atoms with Gasteiger partial charge < -0.3 is 14.7 Å². The van der Waals surface area contributed by atoms with Crippen molar-refractivity contribution in [2.75, 3.05) is 19.8 Å². The third-order valence-corrected chi connectivity index (χ3v) is 3.23. The van der Waals surface area contributed by atoms with Gasteiger partial charge in [-0.15, -0.1) is 0 Å². The summed E-state index contributed by atoms with van der Waals surface area (Å²) in [5.41, 5.74) is 1.23. The van der Waals surface area contributed by atoms with Gasteiger partial charge in [0.05, 0.1) is 25.7 Å². The van der Waals surface area contributed by atoms with Crippen molar-refractivity contribution < 1.29 is 19.4 Å². The molecule has 2 rings (SSSR count). The first-order chi connectivity index (χ1) is 8.99. The highest BCUT2D eigenvalue weighted by molar-refractivity contribution is 5.93. The summed E-state index contributed by atoms with van der Waals surface area (Å²) in [6.45, 7) is 2.93. The van der Waals surface area contributed by atoms with E-state index in [1.165, 1.54) is 0 Å². The molecule has 19 heavy (non-hydrogen) atoms. The number of aryl methyl sites for hydroxylation is 2. The molecule has 0 radical (unpaired) electrons. The van der Waals surface area contributed by atoms with Crippen LogP contribution in [0, 0.1) is 6.92 Å². The van der Waals surface area contributed by atoms with E-state index in [0.29, 0.717) is 18.8 Å². The van der Waals surface area contributed by atoms with Crippen LogP contribution in [0.15, 0.2) is 6.07 Å². The minimum Gasteiger partial charge on any atom is -0.481 e. The lowest BCUT2D eigenvalue weighted by Crippen LogP contribution is -2.49. The summed E-state index contributed by atoms with van der Waals surface area (Å²) in [4.78, 5) is 24.7. The molecule has 0 spiro atoms. The van der Waals surface area contributed by atoms with Gasteiger partial charge in [0.25, 0.3) is 5.91 Å². The predicted octanol–water partition coefficient (Wildman–Crippen LogP) is 0.0442. The van der Waals surface area contributed by atoms with Crippen LogP contribution in [0.2, 0.25) is 0 Å². The average Bonchev–Trinajstić information content (AvgIpc) is 2.69. The summed E-state index contributed by atoms with van der Waals surface area (Å²) in [5, 5.41) is 13.0. The van der Waals surface area contributed by atoms with Gasteiger partial charge in [-0.05, 0) is 13.0 Å². The maximum Gasteiger partial charge on any atom is 0.305 e. The Morgan fingerprint density at radius 1 is 1.58 bits per heavy atom. The molecule has 1 aromatic heterocycles. The van der Waals surface area contributed by atoms with Gasteiger partial charge in [-0.3, -0.25) is 14.3 Å². The minimum atomic E-state index is -0.939. The molecular weight excluding hydrogens is 250 g/mol. The summed E-state index contributed by atoms with van der Waals surface area (Å²) in [7, 11) is 1.76. The van der Waals surface area contributed by atoms with Crippen LogP contribution in [0.4, 0.5) is 0 Å². The zero-order valence-corrected chi connectivity index (χ0v) is 11.0. The van der Waals surface area contributed by atoms with Crippen molar-refractivity contribution in [1.29, 1.82) is 0 Å². The fourth-order valence-corrected chi connectivity index (χ4v) is 2.11. The van der Waals surface area contributed by atoms with Crippen molar-refractivity contribution in [3.8, 4) is 0 Å². The third-order valence-electron chi connectivity index (χ3n) is 3.23. The number of ether oxygens (including phenoxy) is 1. The molecule has 0 bridgehead atoms. The second-order valence-corrected chi connectivity index (χ2v) is 4.62. The Hall–Kier alpha value is -1.89. The van der Waals surface area contributed by atoms with Gasteiger partial charge in [0, 0.05) is 19.3 Å². The summed E-state index contributed by atoms with van der Waals surface area (Å²) >= 11 is 0. The molecule has 2 heterocycles. The normalized spacial score (nSPS) is 19.5. The zero-order chi connectivity index (χ0) is 14.0. The second-order valence-electron chi connectivity index (χ2n) is 4.62. The first kappa shape index (κ1) is 13.5. The first-order valence-electron chi connectivity index (χ1n) is 6.10. The molecule has 104 valence electrons. The lowest BCUT2D eigenvalue weighted by molar-refractivity contribution is -0.139. The maximum absolute atomic E-state index is 12.4. The van der Waals surface area contributed by atoms with Crippen LogP contribution in [0.3, 0.4) is 0 Å². The van der Waals surface area contributed by atoms with Crippen LogP contribution in [0.1, 0.15) is 22.6 Å². The van der Waals surface area contributed by atoms with Crippen LogP contribution in [-0.4, -0.2) is 57.5 Å². The van der Waals surface area contributed by atoms with E-state index in [0.717, 1.165) is 5.69 Å². The number of nitrogens with zero attached hydrogens (tertiary/aromatic N) is 3. The summed E-state index contributed by atoms with van der Waals surface area (Å²) < 4.78 is 6.87. The van der Waals surface area contributed by atoms with Crippen LogP contribution < -0.4 is 0 Å². The molecule has 7 nitrogen and oxygen atoms in total. The number of carbonyl (C=O) groups excluding carboxylic acids is 1. The van der Waals surface area contributed by atoms with Gasteiger partial charge >= 0.3 is 5.97 Å². The second kappa shape index (κ2) is 5.40. The molecule has 1 aliphatic rings. The van der Waals surface area contributed by atoms with E-state index >= 15 is 0 Å². The molecule has 1 N–H and O–H groups in total.